The van der Waals surface area contributed by atoms with Gasteiger partial charge in [-0.25, -0.2) is 4.98 Å². The summed E-state index contributed by atoms with van der Waals surface area (Å²) in [5.74, 6) is 0.542. The molecule has 2 aromatic rings. The molecule has 19 heavy (non-hydrogen) atoms. The normalized spacial score (nSPS) is 10.4. The van der Waals surface area contributed by atoms with Crippen molar-refractivity contribution < 1.29 is 4.92 Å². The third kappa shape index (κ3) is 2.79. The Hall–Kier alpha value is -2.22. The van der Waals surface area contributed by atoms with Crippen molar-refractivity contribution in [1.29, 1.82) is 0 Å². The van der Waals surface area contributed by atoms with Crippen molar-refractivity contribution in [3.05, 3.63) is 33.9 Å². The van der Waals surface area contributed by atoms with Crippen LogP contribution in [0.3, 0.4) is 0 Å². The third-order valence-corrected chi connectivity index (χ3v) is 3.01. The maximum Gasteiger partial charge on any atom is 0.272 e. The molecule has 0 atom stereocenters. The number of nitrogens with zero attached hydrogens (tertiary/aromatic N) is 4. The first-order valence-corrected chi connectivity index (χ1v) is 6.54. The molecule has 1 aromatic heterocycles. The molecule has 7 nitrogen and oxygen atoms in total. The highest BCUT2D eigenvalue weighted by atomic mass is 32.2. The first-order chi connectivity index (χ1) is 9.01. The van der Waals surface area contributed by atoms with Gasteiger partial charge >= 0.3 is 0 Å². The molecular formula is C11H11N5O2S. The summed E-state index contributed by atoms with van der Waals surface area (Å²) in [6.45, 7) is 1.67. The molecule has 0 bridgehead atoms. The molecule has 0 amide bonds. The number of nitrogens with two attached hydrogens (primary N) is 1. The van der Waals surface area contributed by atoms with Gasteiger partial charge in [-0.1, -0.05) is 11.8 Å². The van der Waals surface area contributed by atoms with Gasteiger partial charge in [-0.15, -0.1) is 0 Å². The second kappa shape index (κ2) is 5.19. The van der Waals surface area contributed by atoms with Crippen LogP contribution in [0.2, 0.25) is 0 Å². The van der Waals surface area contributed by atoms with Gasteiger partial charge in [-0.3, -0.25) is 10.1 Å². The lowest BCUT2D eigenvalue weighted by atomic mass is 10.1. The van der Waals surface area contributed by atoms with E-state index in [2.05, 4.69) is 15.0 Å². The molecule has 0 fully saturated rings. The Morgan fingerprint density at radius 1 is 1.32 bits per heavy atom. The van der Waals surface area contributed by atoms with Gasteiger partial charge in [0.15, 0.2) is 11.0 Å². The van der Waals surface area contributed by atoms with Crippen molar-refractivity contribution in [1.82, 2.24) is 15.0 Å². The Kier molecular flexibility index (Phi) is 3.61. The number of hydrogen-bond acceptors (Lipinski definition) is 7. The van der Waals surface area contributed by atoms with Crippen LogP contribution in [0.4, 0.5) is 11.6 Å². The van der Waals surface area contributed by atoms with Crippen molar-refractivity contribution in [3.8, 4) is 11.4 Å². The lowest BCUT2D eigenvalue weighted by molar-refractivity contribution is -0.385. The Morgan fingerprint density at radius 3 is 2.63 bits per heavy atom. The van der Waals surface area contributed by atoms with E-state index in [1.54, 1.807) is 19.1 Å². The predicted molar refractivity (Wildman–Crippen MR) is 72.8 cm³/mol. The summed E-state index contributed by atoms with van der Waals surface area (Å²) in [4.78, 5) is 22.6. The highest BCUT2D eigenvalue weighted by Gasteiger charge is 2.13. The van der Waals surface area contributed by atoms with Crippen LogP contribution in [0.25, 0.3) is 11.4 Å². The van der Waals surface area contributed by atoms with E-state index in [0.717, 1.165) is 0 Å². The van der Waals surface area contributed by atoms with Crippen LogP contribution in [0, 0.1) is 17.0 Å². The van der Waals surface area contributed by atoms with E-state index in [9.17, 15) is 10.1 Å². The zero-order valence-electron chi connectivity index (χ0n) is 10.3. The average Bonchev–Trinajstić information content (AvgIpc) is 2.37. The number of hydrogen-bond donors (Lipinski definition) is 1. The molecule has 98 valence electrons. The van der Waals surface area contributed by atoms with Crippen molar-refractivity contribution in [3.63, 3.8) is 0 Å². The number of nitro benzene ring substituents is 1. The molecule has 0 aliphatic rings. The van der Waals surface area contributed by atoms with E-state index in [1.165, 1.54) is 17.8 Å². The van der Waals surface area contributed by atoms with Gasteiger partial charge in [-0.05, 0) is 25.3 Å². The van der Waals surface area contributed by atoms with Gasteiger partial charge in [0.2, 0.25) is 5.95 Å². The van der Waals surface area contributed by atoms with Gasteiger partial charge in [-0.2, -0.15) is 9.97 Å². The van der Waals surface area contributed by atoms with E-state index in [4.69, 9.17) is 5.73 Å². The fourth-order valence-corrected chi connectivity index (χ4v) is 1.95. The molecule has 2 N–H and O–H groups in total. The molecule has 0 saturated carbocycles. The van der Waals surface area contributed by atoms with Crippen molar-refractivity contribution >= 4 is 23.4 Å². The Balaban J connectivity index is 2.50. The summed E-state index contributed by atoms with van der Waals surface area (Å²) in [6, 6.07) is 4.70. The molecule has 0 aliphatic heterocycles. The topological polar surface area (TPSA) is 108 Å². The van der Waals surface area contributed by atoms with Gasteiger partial charge in [0, 0.05) is 17.2 Å². The zero-order valence-corrected chi connectivity index (χ0v) is 11.1. The van der Waals surface area contributed by atoms with E-state index in [-0.39, 0.29) is 11.6 Å². The first kappa shape index (κ1) is 13.2. The second-order valence-electron chi connectivity index (χ2n) is 3.76. The van der Waals surface area contributed by atoms with Crippen LogP contribution in [0.1, 0.15) is 5.56 Å². The molecule has 0 saturated heterocycles. The van der Waals surface area contributed by atoms with Crippen LogP contribution in [-0.4, -0.2) is 26.1 Å². The van der Waals surface area contributed by atoms with Gasteiger partial charge in [0.1, 0.15) is 0 Å². The highest BCUT2D eigenvalue weighted by molar-refractivity contribution is 7.98. The van der Waals surface area contributed by atoms with Crippen LogP contribution in [-0.2, 0) is 0 Å². The standard InChI is InChI=1S/C11H11N5O2S/c1-6-5-7(3-4-8(6)16(17)18)9-13-10(12)15-11(14-9)19-2/h3-5H,1-2H3,(H2,12,13,14,15). The molecule has 1 heterocycles. The number of anilines is 1. The number of nitrogen functional groups attached to an aromatic ring is 1. The fraction of sp³-hybridized carbons (Fsp3) is 0.182. The number of thioether (sulfide) groups is 1. The number of aryl methyl sites for hydroxylation is 1. The Morgan fingerprint density at radius 2 is 2.05 bits per heavy atom. The smallest absolute Gasteiger partial charge is 0.272 e. The van der Waals surface area contributed by atoms with Crippen LogP contribution in [0.5, 0.6) is 0 Å². The van der Waals surface area contributed by atoms with Crippen LogP contribution in [0.15, 0.2) is 23.4 Å². The SMILES string of the molecule is CSc1nc(N)nc(-c2ccc([N+](=O)[O-])c(C)c2)n1. The minimum absolute atomic E-state index is 0.0656. The second-order valence-corrected chi connectivity index (χ2v) is 4.54. The predicted octanol–water partition coefficient (Wildman–Crippen LogP) is 2.06. The molecular weight excluding hydrogens is 266 g/mol. The minimum Gasteiger partial charge on any atom is -0.368 e. The first-order valence-electron chi connectivity index (χ1n) is 5.32. The maximum absolute atomic E-state index is 10.8. The Bertz CT molecular complexity index is 647. The summed E-state index contributed by atoms with van der Waals surface area (Å²) in [6.07, 6.45) is 1.83. The number of aromatic nitrogens is 3. The minimum atomic E-state index is -0.422. The van der Waals surface area contributed by atoms with Gasteiger partial charge < -0.3 is 5.73 Å². The van der Waals surface area contributed by atoms with E-state index >= 15 is 0 Å². The van der Waals surface area contributed by atoms with Crippen molar-refractivity contribution in [2.45, 2.75) is 12.1 Å². The largest absolute Gasteiger partial charge is 0.368 e. The number of rotatable bonds is 3. The van der Waals surface area contributed by atoms with E-state index < -0.39 is 4.92 Å². The van der Waals surface area contributed by atoms with Crippen molar-refractivity contribution in [2.24, 2.45) is 0 Å². The lowest BCUT2D eigenvalue weighted by Gasteiger charge is -2.04. The molecule has 8 heteroatoms. The monoisotopic (exact) mass is 277 g/mol. The molecule has 0 unspecified atom stereocenters. The molecule has 0 radical (unpaired) electrons. The van der Waals surface area contributed by atoms with E-state index in [0.29, 0.717) is 22.1 Å². The quantitative estimate of drug-likeness (QED) is 0.519. The summed E-state index contributed by atoms with van der Waals surface area (Å²) >= 11 is 1.35. The van der Waals surface area contributed by atoms with Gasteiger partial charge in [0.05, 0.1) is 4.92 Å². The highest BCUT2D eigenvalue weighted by Crippen LogP contribution is 2.25. The van der Waals surface area contributed by atoms with Crippen LogP contribution < -0.4 is 5.73 Å². The molecule has 2 rings (SSSR count). The maximum atomic E-state index is 10.8. The summed E-state index contributed by atoms with van der Waals surface area (Å²) in [5.41, 5.74) is 6.89. The number of nitro groups is 1. The average molecular weight is 277 g/mol. The van der Waals surface area contributed by atoms with Gasteiger partial charge in [0.25, 0.3) is 5.69 Å². The third-order valence-electron chi connectivity index (χ3n) is 2.47. The zero-order chi connectivity index (χ0) is 14.0. The molecule has 0 aliphatic carbocycles. The number of benzene rings is 1. The molecule has 0 spiro atoms. The van der Waals surface area contributed by atoms with Crippen LogP contribution >= 0.6 is 11.8 Å². The summed E-state index contributed by atoms with van der Waals surface area (Å²) in [5, 5.41) is 11.3. The van der Waals surface area contributed by atoms with Crippen molar-refractivity contribution in [2.75, 3.05) is 12.0 Å². The lowest BCUT2D eigenvalue weighted by Crippen LogP contribution is -2.01. The van der Waals surface area contributed by atoms with E-state index in [1.807, 2.05) is 6.26 Å². The summed E-state index contributed by atoms with van der Waals surface area (Å²) < 4.78 is 0. The molecule has 1 aromatic carbocycles. The summed E-state index contributed by atoms with van der Waals surface area (Å²) in [7, 11) is 0. The Labute approximate surface area is 113 Å². The fourth-order valence-electron chi connectivity index (χ4n) is 1.59.